The summed E-state index contributed by atoms with van der Waals surface area (Å²) in [6, 6.07) is 10.3. The molecular weight excluding hydrogens is 294 g/mol. The standard InChI is InChI=1S/C17H25N3OS/c1-2-8-15(13-9-4-3-5-10-13)16(21)19-20-17(22)18-14-11-6-7-12-14/h3-5,9-10,14-15H,2,6-8,11-12H2,1H3,(H,19,21)(H2,18,20,22)/t15-/m1/s1. The van der Waals surface area contributed by atoms with Crippen LogP contribution in [-0.2, 0) is 4.79 Å². The van der Waals surface area contributed by atoms with E-state index in [-0.39, 0.29) is 11.8 Å². The second-order valence-electron chi connectivity index (χ2n) is 5.82. The van der Waals surface area contributed by atoms with Crippen molar-refractivity contribution in [3.63, 3.8) is 0 Å². The van der Waals surface area contributed by atoms with Gasteiger partial charge in [0.25, 0.3) is 0 Å². The minimum Gasteiger partial charge on any atom is -0.359 e. The number of thiocarbonyl (C=S) groups is 1. The van der Waals surface area contributed by atoms with E-state index in [1.165, 1.54) is 12.8 Å². The molecule has 0 spiro atoms. The summed E-state index contributed by atoms with van der Waals surface area (Å²) in [5.41, 5.74) is 6.63. The van der Waals surface area contributed by atoms with Gasteiger partial charge in [-0.05, 0) is 37.0 Å². The number of amides is 1. The van der Waals surface area contributed by atoms with Gasteiger partial charge in [-0.2, -0.15) is 0 Å². The number of benzene rings is 1. The van der Waals surface area contributed by atoms with E-state index in [0.29, 0.717) is 11.2 Å². The van der Waals surface area contributed by atoms with Gasteiger partial charge < -0.3 is 5.32 Å². The van der Waals surface area contributed by atoms with Gasteiger partial charge in [0.1, 0.15) is 0 Å². The van der Waals surface area contributed by atoms with Crippen molar-refractivity contribution in [2.45, 2.75) is 57.4 Å². The second kappa shape index (κ2) is 8.73. The van der Waals surface area contributed by atoms with Crippen LogP contribution in [0.15, 0.2) is 30.3 Å². The lowest BCUT2D eigenvalue weighted by atomic mass is 9.94. The van der Waals surface area contributed by atoms with Gasteiger partial charge in [-0.25, -0.2) is 0 Å². The lowest BCUT2D eigenvalue weighted by molar-refractivity contribution is -0.123. The summed E-state index contributed by atoms with van der Waals surface area (Å²) in [6.07, 6.45) is 6.58. The van der Waals surface area contributed by atoms with Crippen LogP contribution in [0.1, 0.15) is 56.9 Å². The molecule has 5 heteroatoms. The molecule has 1 atom stereocenters. The zero-order valence-corrected chi connectivity index (χ0v) is 13.9. The minimum atomic E-state index is -0.145. The zero-order chi connectivity index (χ0) is 15.8. The fraction of sp³-hybridized carbons (Fsp3) is 0.529. The first-order valence-electron chi connectivity index (χ1n) is 8.12. The minimum absolute atomic E-state index is 0.0383. The number of nitrogens with one attached hydrogen (secondary N) is 3. The van der Waals surface area contributed by atoms with Gasteiger partial charge in [-0.1, -0.05) is 56.5 Å². The Morgan fingerprint density at radius 2 is 1.91 bits per heavy atom. The summed E-state index contributed by atoms with van der Waals surface area (Å²) in [6.45, 7) is 2.09. The van der Waals surface area contributed by atoms with Crippen LogP contribution in [0.25, 0.3) is 0 Å². The fourth-order valence-corrected chi connectivity index (χ4v) is 3.14. The first-order valence-corrected chi connectivity index (χ1v) is 8.53. The van der Waals surface area contributed by atoms with Crippen molar-refractivity contribution < 1.29 is 4.79 Å². The van der Waals surface area contributed by atoms with Crippen LogP contribution >= 0.6 is 12.2 Å². The summed E-state index contributed by atoms with van der Waals surface area (Å²) in [5.74, 6) is -0.184. The number of hydrogen-bond acceptors (Lipinski definition) is 2. The van der Waals surface area contributed by atoms with E-state index in [1.54, 1.807) is 0 Å². The zero-order valence-electron chi connectivity index (χ0n) is 13.1. The van der Waals surface area contributed by atoms with Gasteiger partial charge >= 0.3 is 0 Å². The molecule has 0 bridgehead atoms. The third-order valence-electron chi connectivity index (χ3n) is 4.09. The largest absolute Gasteiger partial charge is 0.359 e. The summed E-state index contributed by atoms with van der Waals surface area (Å²) >= 11 is 5.24. The lowest BCUT2D eigenvalue weighted by Gasteiger charge is -2.19. The van der Waals surface area contributed by atoms with E-state index in [2.05, 4.69) is 23.1 Å². The topological polar surface area (TPSA) is 53.2 Å². The third kappa shape index (κ3) is 4.98. The van der Waals surface area contributed by atoms with Crippen molar-refractivity contribution in [2.24, 2.45) is 0 Å². The highest BCUT2D eigenvalue weighted by Crippen LogP contribution is 2.21. The van der Waals surface area contributed by atoms with Gasteiger partial charge in [0.05, 0.1) is 5.92 Å². The molecule has 2 rings (SSSR count). The van der Waals surface area contributed by atoms with Crippen molar-refractivity contribution in [1.82, 2.24) is 16.2 Å². The van der Waals surface area contributed by atoms with E-state index >= 15 is 0 Å². The first kappa shape index (κ1) is 16.7. The molecule has 3 N–H and O–H groups in total. The molecule has 1 fully saturated rings. The van der Waals surface area contributed by atoms with Crippen LogP contribution in [0.2, 0.25) is 0 Å². The maximum absolute atomic E-state index is 12.4. The smallest absolute Gasteiger partial charge is 0.245 e. The van der Waals surface area contributed by atoms with Crippen molar-refractivity contribution in [1.29, 1.82) is 0 Å². The van der Waals surface area contributed by atoms with Crippen LogP contribution in [0.3, 0.4) is 0 Å². The molecule has 1 saturated carbocycles. The van der Waals surface area contributed by atoms with Crippen molar-refractivity contribution in [3.8, 4) is 0 Å². The fourth-order valence-electron chi connectivity index (χ4n) is 2.92. The lowest BCUT2D eigenvalue weighted by Crippen LogP contribution is -2.50. The van der Waals surface area contributed by atoms with Crippen molar-refractivity contribution in [3.05, 3.63) is 35.9 Å². The Morgan fingerprint density at radius 3 is 2.55 bits per heavy atom. The maximum Gasteiger partial charge on any atom is 0.245 e. The molecular formula is C17H25N3OS. The van der Waals surface area contributed by atoms with Crippen molar-refractivity contribution >= 4 is 23.2 Å². The molecule has 1 amide bonds. The van der Waals surface area contributed by atoms with Gasteiger partial charge in [0.15, 0.2) is 5.11 Å². The van der Waals surface area contributed by atoms with E-state index < -0.39 is 0 Å². The summed E-state index contributed by atoms with van der Waals surface area (Å²) in [4.78, 5) is 12.4. The van der Waals surface area contributed by atoms with E-state index in [9.17, 15) is 4.79 Å². The molecule has 1 aliphatic carbocycles. The average Bonchev–Trinajstić information content (AvgIpc) is 3.04. The summed E-state index contributed by atoms with van der Waals surface area (Å²) in [5, 5.41) is 3.75. The van der Waals surface area contributed by atoms with Gasteiger partial charge in [0.2, 0.25) is 5.91 Å². The molecule has 4 nitrogen and oxygen atoms in total. The van der Waals surface area contributed by atoms with Crippen LogP contribution in [0.5, 0.6) is 0 Å². The molecule has 0 heterocycles. The summed E-state index contributed by atoms with van der Waals surface area (Å²) < 4.78 is 0. The highest BCUT2D eigenvalue weighted by Gasteiger charge is 2.20. The normalized spacial score (nSPS) is 16.0. The van der Waals surface area contributed by atoms with Crippen molar-refractivity contribution in [2.75, 3.05) is 0 Å². The molecule has 1 aliphatic rings. The number of hydrogen-bond donors (Lipinski definition) is 3. The van der Waals surface area contributed by atoms with Gasteiger partial charge in [0, 0.05) is 6.04 Å². The summed E-state index contributed by atoms with van der Waals surface area (Å²) in [7, 11) is 0. The Balaban J connectivity index is 1.84. The van der Waals surface area contributed by atoms with Gasteiger partial charge in [-0.15, -0.1) is 0 Å². The quantitative estimate of drug-likeness (QED) is 0.577. The maximum atomic E-state index is 12.4. The van der Waals surface area contributed by atoms with Crippen LogP contribution in [0.4, 0.5) is 0 Å². The molecule has 0 aromatic heterocycles. The molecule has 0 saturated heterocycles. The number of rotatable bonds is 5. The molecule has 1 aromatic rings. The molecule has 0 radical (unpaired) electrons. The van der Waals surface area contributed by atoms with E-state index in [0.717, 1.165) is 31.2 Å². The number of hydrazine groups is 1. The molecule has 0 aliphatic heterocycles. The van der Waals surface area contributed by atoms with E-state index in [1.807, 2.05) is 30.3 Å². The molecule has 120 valence electrons. The SMILES string of the molecule is CCC[C@@H](C(=O)NNC(=S)NC1CCCC1)c1ccccc1. The predicted octanol–water partition coefficient (Wildman–Crippen LogP) is 3.01. The number of carbonyl (C=O) groups excluding carboxylic acids is 1. The Kier molecular flexibility index (Phi) is 6.65. The molecule has 22 heavy (non-hydrogen) atoms. The van der Waals surface area contributed by atoms with Crippen LogP contribution in [-0.4, -0.2) is 17.1 Å². The highest BCUT2D eigenvalue weighted by atomic mass is 32.1. The second-order valence-corrected chi connectivity index (χ2v) is 6.23. The monoisotopic (exact) mass is 319 g/mol. The predicted molar refractivity (Wildman–Crippen MR) is 93.4 cm³/mol. The average molecular weight is 319 g/mol. The first-order chi connectivity index (χ1) is 10.7. The number of carbonyl (C=O) groups is 1. The van der Waals surface area contributed by atoms with Crippen LogP contribution in [0, 0.1) is 0 Å². The highest BCUT2D eigenvalue weighted by molar-refractivity contribution is 7.80. The Bertz CT molecular complexity index is 486. The Labute approximate surface area is 138 Å². The van der Waals surface area contributed by atoms with E-state index in [4.69, 9.17) is 12.2 Å². The Hall–Kier alpha value is -1.62. The third-order valence-corrected chi connectivity index (χ3v) is 4.31. The van der Waals surface area contributed by atoms with Gasteiger partial charge in [-0.3, -0.25) is 15.6 Å². The molecule has 0 unspecified atom stereocenters. The van der Waals surface area contributed by atoms with Crippen LogP contribution < -0.4 is 16.2 Å². The Morgan fingerprint density at radius 1 is 1.23 bits per heavy atom. The molecule has 1 aromatic carbocycles.